The third kappa shape index (κ3) is 10.8. The quantitative estimate of drug-likeness (QED) is 0.196. The number of carbonyl (C=O) groups is 3. The smallest absolute Gasteiger partial charge is 0.442 e. The normalized spacial score (nSPS) is 24.4. The van der Waals surface area contributed by atoms with Crippen molar-refractivity contribution in [2.24, 2.45) is 11.8 Å². The summed E-state index contributed by atoms with van der Waals surface area (Å²) in [6, 6.07) is 4.67. The van der Waals surface area contributed by atoms with Gasteiger partial charge in [0.2, 0.25) is 0 Å². The van der Waals surface area contributed by atoms with Crippen molar-refractivity contribution >= 4 is 69.5 Å². The first-order chi connectivity index (χ1) is 29.0. The molecule has 330 valence electrons. The second kappa shape index (κ2) is 19.1. The van der Waals surface area contributed by atoms with Crippen LogP contribution in [0.5, 0.6) is 0 Å². The lowest BCUT2D eigenvalue weighted by Gasteiger charge is -2.43. The molecular formula is C43H60BBrN8O6S2. The number of hydrogen-bond acceptors (Lipinski definition) is 12. The number of aromatic amines is 1. The van der Waals surface area contributed by atoms with Gasteiger partial charge in [-0.3, -0.25) is 14.7 Å². The van der Waals surface area contributed by atoms with E-state index in [-0.39, 0.29) is 11.8 Å². The molecule has 2 amide bonds. The first-order valence-corrected chi connectivity index (χ1v) is 24.2. The summed E-state index contributed by atoms with van der Waals surface area (Å²) in [5.41, 5.74) is 1.47. The van der Waals surface area contributed by atoms with Gasteiger partial charge in [0, 0.05) is 54.8 Å². The summed E-state index contributed by atoms with van der Waals surface area (Å²) >= 11 is 6.10. The van der Waals surface area contributed by atoms with E-state index in [2.05, 4.69) is 49.8 Å². The van der Waals surface area contributed by atoms with Crippen molar-refractivity contribution in [2.75, 3.05) is 13.1 Å². The highest BCUT2D eigenvalue weighted by atomic mass is 79.9. The van der Waals surface area contributed by atoms with E-state index < -0.39 is 30.0 Å². The number of fused-ring (bicyclic) bond motifs is 2. The minimum atomic E-state index is -0.562. The molecule has 2 aliphatic carbocycles. The Bertz CT molecular complexity index is 2090. The van der Waals surface area contributed by atoms with Gasteiger partial charge in [0.05, 0.1) is 26.1 Å². The number of likely N-dealkylation sites (tertiary alicyclic amines) is 2. The van der Waals surface area contributed by atoms with Crippen molar-refractivity contribution in [1.82, 2.24) is 38.5 Å². The van der Waals surface area contributed by atoms with Crippen molar-refractivity contribution in [3.05, 3.63) is 52.1 Å². The van der Waals surface area contributed by atoms with Crippen LogP contribution in [0.25, 0.3) is 10.4 Å². The van der Waals surface area contributed by atoms with Crippen LogP contribution in [0.3, 0.4) is 0 Å². The number of hydrogen-bond donors (Lipinski definition) is 1. The first-order valence-electron chi connectivity index (χ1n) is 21.8. The topological polar surface area (TPSA) is 158 Å². The summed E-state index contributed by atoms with van der Waals surface area (Å²) in [5, 5.41) is 10.8. The highest BCUT2D eigenvalue weighted by Gasteiger charge is 2.52. The lowest BCUT2D eigenvalue weighted by Crippen LogP contribution is -2.49. The maximum absolute atomic E-state index is 12.9. The Balaban J connectivity index is 0.000000139. The molecule has 0 aromatic carbocycles. The molecule has 0 radical (unpaired) electrons. The summed E-state index contributed by atoms with van der Waals surface area (Å²) < 4.78 is 27.8. The molecule has 4 aromatic rings. The molecule has 4 atom stereocenters. The number of H-pyrrole nitrogens is 1. The first kappa shape index (κ1) is 45.6. The molecule has 14 nitrogen and oxygen atoms in total. The summed E-state index contributed by atoms with van der Waals surface area (Å²) in [6.07, 6.45) is 21.2. The number of aromatic nitrogens is 6. The molecule has 7 heterocycles. The third-order valence-electron chi connectivity index (χ3n) is 12.9. The number of nitrogens with one attached hydrogen (secondary N) is 1. The van der Waals surface area contributed by atoms with Crippen molar-refractivity contribution in [3.63, 3.8) is 0 Å². The number of halogens is 1. The molecule has 3 saturated heterocycles. The average Bonchev–Trinajstić information content (AvgIpc) is 4.08. The summed E-state index contributed by atoms with van der Waals surface area (Å²) in [4.78, 5) is 42.5. The molecular weight excluding hydrogens is 879 g/mol. The second-order valence-electron chi connectivity index (χ2n) is 18.9. The number of piperidine rings is 2. The van der Waals surface area contributed by atoms with E-state index in [0.29, 0.717) is 34.9 Å². The van der Waals surface area contributed by atoms with Crippen LogP contribution in [0.1, 0.15) is 146 Å². The fourth-order valence-corrected chi connectivity index (χ4v) is 10.8. The number of carbonyl (C=O) groups excluding carboxylic acids is 3. The standard InChI is InChI=1S/C16H20N4OS.C14H23BN2O4.C13H17BrN2OS/c21-16(13-8-15(22-19-13)12-9-17-18-10-12)20-7-3-5-11-4-1-2-6-14(11)20;1-12(2,3)19-11(18)17-9-10(8-16-17)15-20-13(4,5)14(6,7)21-15;14-12-8-10(15-18-12)13(17)16-7-3-5-9-4-1-2-6-11(9)16/h8-11,14H,1-7H2,(H,17,18);8-9H,1-7H3;8-9,11H,1-7H2/t11-,14-;;9-,11-/m0.0/s1. The SMILES string of the molecule is CC(C)(C)OC(=O)n1cc(B2OC(C)(C)C(C)(C)O2)cn1.O=C(c1cc(-c2cn[nH]c2)sn1)N1CCC[C@@H]2CCCC[C@@H]21.O=C(c1cc(Br)sn1)N1CCC[C@@H]2CCCC[C@@H]21. The van der Waals surface area contributed by atoms with Crippen LogP contribution in [0, 0.1) is 11.8 Å². The zero-order valence-corrected chi connectivity index (χ0v) is 39.7. The fourth-order valence-electron chi connectivity index (χ4n) is 9.15. The minimum absolute atomic E-state index is 0.114. The predicted octanol–water partition coefficient (Wildman–Crippen LogP) is 8.99. The Morgan fingerprint density at radius 1 is 0.803 bits per heavy atom. The molecule has 5 fully saturated rings. The van der Waals surface area contributed by atoms with Gasteiger partial charge in [-0.15, -0.1) is 0 Å². The molecule has 18 heteroatoms. The molecule has 1 N–H and O–H groups in total. The summed E-state index contributed by atoms with van der Waals surface area (Å²) in [7, 11) is -0.536. The van der Waals surface area contributed by atoms with Crippen molar-refractivity contribution in [3.8, 4) is 10.4 Å². The Kier molecular flexibility index (Phi) is 14.3. The monoisotopic (exact) mass is 938 g/mol. The number of rotatable bonds is 4. The van der Waals surface area contributed by atoms with Gasteiger partial charge >= 0.3 is 13.2 Å². The Morgan fingerprint density at radius 3 is 1.87 bits per heavy atom. The van der Waals surface area contributed by atoms with Crippen molar-refractivity contribution < 1.29 is 28.4 Å². The fraction of sp³-hybridized carbons (Fsp3) is 0.651. The van der Waals surface area contributed by atoms with E-state index >= 15 is 0 Å². The maximum Gasteiger partial charge on any atom is 0.498 e. The average molecular weight is 940 g/mol. The van der Waals surface area contributed by atoms with Crippen LogP contribution in [-0.2, 0) is 14.0 Å². The minimum Gasteiger partial charge on any atom is -0.442 e. The molecule has 3 aliphatic heterocycles. The number of ether oxygens (including phenoxy) is 1. The zero-order chi connectivity index (χ0) is 43.5. The van der Waals surface area contributed by atoms with Gasteiger partial charge in [-0.1, -0.05) is 25.7 Å². The molecule has 61 heavy (non-hydrogen) atoms. The number of amides is 2. The molecule has 0 spiro atoms. The van der Waals surface area contributed by atoms with E-state index in [9.17, 15) is 14.4 Å². The predicted molar refractivity (Wildman–Crippen MR) is 241 cm³/mol. The third-order valence-corrected chi connectivity index (χ3v) is 15.0. The van der Waals surface area contributed by atoms with Crippen molar-refractivity contribution in [1.29, 1.82) is 0 Å². The molecule has 0 bridgehead atoms. The highest BCUT2D eigenvalue weighted by molar-refractivity contribution is 9.11. The molecule has 9 rings (SSSR count). The summed E-state index contributed by atoms with van der Waals surface area (Å²) in [5.74, 6) is 1.69. The summed E-state index contributed by atoms with van der Waals surface area (Å²) in [6.45, 7) is 15.1. The van der Waals surface area contributed by atoms with Crippen molar-refractivity contribution in [2.45, 2.75) is 154 Å². The highest BCUT2D eigenvalue weighted by Crippen LogP contribution is 2.39. The Morgan fingerprint density at radius 2 is 1.34 bits per heavy atom. The number of nitrogens with zero attached hydrogens (tertiary/aromatic N) is 7. The van der Waals surface area contributed by atoms with Crippen LogP contribution in [-0.4, -0.2) is 106 Å². The largest absolute Gasteiger partial charge is 0.498 e. The lowest BCUT2D eigenvalue weighted by atomic mass is 9.78. The Labute approximate surface area is 376 Å². The maximum atomic E-state index is 12.9. The van der Waals surface area contributed by atoms with Crippen LogP contribution in [0.15, 0.2) is 40.7 Å². The van der Waals surface area contributed by atoms with Gasteiger partial charge in [-0.2, -0.15) is 23.6 Å². The van der Waals surface area contributed by atoms with E-state index in [1.807, 2.05) is 66.8 Å². The zero-order valence-electron chi connectivity index (χ0n) is 36.5. The molecule has 0 unspecified atom stereocenters. The second-order valence-corrected chi connectivity index (χ2v) is 21.9. The lowest BCUT2D eigenvalue weighted by molar-refractivity contribution is 0.00578. The Hall–Kier alpha value is -3.45. The van der Waals surface area contributed by atoms with Crippen LogP contribution in [0.4, 0.5) is 4.79 Å². The van der Waals surface area contributed by atoms with E-state index in [1.54, 1.807) is 18.6 Å². The van der Waals surface area contributed by atoms with Gasteiger partial charge in [0.1, 0.15) is 17.0 Å². The van der Waals surface area contributed by atoms with Crippen LogP contribution >= 0.6 is 39.0 Å². The van der Waals surface area contributed by atoms with Gasteiger partial charge in [0.25, 0.3) is 11.8 Å². The van der Waals surface area contributed by atoms with E-state index in [4.69, 9.17) is 14.0 Å². The van der Waals surface area contributed by atoms with Gasteiger partial charge in [-0.25, -0.2) is 4.79 Å². The van der Waals surface area contributed by atoms with Crippen LogP contribution < -0.4 is 5.46 Å². The van der Waals surface area contributed by atoms with E-state index in [0.717, 1.165) is 57.2 Å². The van der Waals surface area contributed by atoms with E-state index in [1.165, 1.54) is 80.9 Å². The molecule has 5 aliphatic rings. The van der Waals surface area contributed by atoms with Gasteiger partial charge in [0.15, 0.2) is 0 Å². The van der Waals surface area contributed by atoms with Crippen LogP contribution in [0.2, 0.25) is 0 Å². The van der Waals surface area contributed by atoms with Gasteiger partial charge in [-0.05, 0) is 163 Å². The van der Waals surface area contributed by atoms with Gasteiger partial charge < -0.3 is 23.8 Å². The molecule has 2 saturated carbocycles. The molecule has 4 aromatic heterocycles.